The van der Waals surface area contributed by atoms with E-state index in [9.17, 15) is 4.79 Å². The summed E-state index contributed by atoms with van der Waals surface area (Å²) in [4.78, 5) is 12.2. The predicted molar refractivity (Wildman–Crippen MR) is 62.3 cm³/mol. The molecular weight excluding hydrogens is 186 g/mol. The number of hydrogen-bond acceptors (Lipinski definition) is 2. The SMILES string of the molecule is CC[C@H]1C(=O)c2ccccc2NC1(C)C. The van der Waals surface area contributed by atoms with Gasteiger partial charge in [-0.3, -0.25) is 4.79 Å². The van der Waals surface area contributed by atoms with E-state index in [0.29, 0.717) is 0 Å². The fourth-order valence-corrected chi connectivity index (χ4v) is 2.45. The lowest BCUT2D eigenvalue weighted by atomic mass is 9.76. The maximum atomic E-state index is 12.2. The zero-order valence-corrected chi connectivity index (χ0v) is 9.50. The van der Waals surface area contributed by atoms with E-state index >= 15 is 0 Å². The van der Waals surface area contributed by atoms with Gasteiger partial charge in [0.05, 0.1) is 0 Å². The maximum absolute atomic E-state index is 12.2. The molecule has 2 heteroatoms. The van der Waals surface area contributed by atoms with Gasteiger partial charge in [0.2, 0.25) is 0 Å². The minimum Gasteiger partial charge on any atom is -0.379 e. The van der Waals surface area contributed by atoms with Crippen LogP contribution < -0.4 is 5.32 Å². The van der Waals surface area contributed by atoms with Crippen LogP contribution in [0.1, 0.15) is 37.6 Å². The molecule has 1 atom stereocenters. The van der Waals surface area contributed by atoms with Crippen LogP contribution in [0.25, 0.3) is 0 Å². The van der Waals surface area contributed by atoms with E-state index in [0.717, 1.165) is 17.7 Å². The van der Waals surface area contributed by atoms with E-state index in [1.807, 2.05) is 24.3 Å². The molecule has 0 fully saturated rings. The lowest BCUT2D eigenvalue weighted by molar-refractivity contribution is 0.0863. The van der Waals surface area contributed by atoms with Crippen LogP contribution >= 0.6 is 0 Å². The molecule has 0 radical (unpaired) electrons. The summed E-state index contributed by atoms with van der Waals surface area (Å²) >= 11 is 0. The number of rotatable bonds is 1. The molecule has 2 nitrogen and oxygen atoms in total. The molecule has 1 aromatic rings. The van der Waals surface area contributed by atoms with Crippen molar-refractivity contribution in [2.75, 3.05) is 5.32 Å². The first-order valence-electron chi connectivity index (χ1n) is 5.47. The van der Waals surface area contributed by atoms with Crippen LogP contribution in [-0.4, -0.2) is 11.3 Å². The van der Waals surface area contributed by atoms with E-state index in [4.69, 9.17) is 0 Å². The highest BCUT2D eigenvalue weighted by atomic mass is 16.1. The van der Waals surface area contributed by atoms with Crippen LogP contribution in [0, 0.1) is 5.92 Å². The lowest BCUT2D eigenvalue weighted by Gasteiger charge is -2.39. The summed E-state index contributed by atoms with van der Waals surface area (Å²) in [5.41, 5.74) is 1.67. The monoisotopic (exact) mass is 203 g/mol. The van der Waals surface area contributed by atoms with E-state index in [1.165, 1.54) is 0 Å². The Kier molecular flexibility index (Phi) is 2.29. The van der Waals surface area contributed by atoms with Gasteiger partial charge in [0.15, 0.2) is 5.78 Å². The molecule has 2 rings (SSSR count). The molecule has 15 heavy (non-hydrogen) atoms. The van der Waals surface area contributed by atoms with Crippen LogP contribution in [0.15, 0.2) is 24.3 Å². The number of fused-ring (bicyclic) bond motifs is 1. The Morgan fingerprint density at radius 2 is 2.00 bits per heavy atom. The first-order chi connectivity index (χ1) is 7.06. The minimum absolute atomic E-state index is 0.0763. The molecule has 0 aliphatic carbocycles. The van der Waals surface area contributed by atoms with Gasteiger partial charge in [-0.05, 0) is 32.4 Å². The second-order valence-corrected chi connectivity index (χ2v) is 4.72. The number of hydrogen-bond donors (Lipinski definition) is 1. The average Bonchev–Trinajstić information content (AvgIpc) is 2.17. The van der Waals surface area contributed by atoms with E-state index in [1.54, 1.807) is 0 Å². The van der Waals surface area contributed by atoms with Gasteiger partial charge in [-0.15, -0.1) is 0 Å². The minimum atomic E-state index is -0.139. The van der Waals surface area contributed by atoms with Gasteiger partial charge in [0, 0.05) is 22.7 Å². The van der Waals surface area contributed by atoms with Crippen molar-refractivity contribution < 1.29 is 4.79 Å². The zero-order chi connectivity index (χ0) is 11.1. The third-order valence-electron chi connectivity index (χ3n) is 3.25. The summed E-state index contributed by atoms with van der Waals surface area (Å²) in [7, 11) is 0. The van der Waals surface area contributed by atoms with Gasteiger partial charge in [0.25, 0.3) is 0 Å². The Balaban J connectivity index is 2.50. The van der Waals surface area contributed by atoms with Crippen molar-refractivity contribution in [3.8, 4) is 0 Å². The largest absolute Gasteiger partial charge is 0.379 e. The lowest BCUT2D eigenvalue weighted by Crippen LogP contribution is -2.47. The number of anilines is 1. The molecule has 1 aliphatic rings. The topological polar surface area (TPSA) is 29.1 Å². The Bertz CT molecular complexity index is 395. The Labute approximate surface area is 90.7 Å². The first-order valence-corrected chi connectivity index (χ1v) is 5.47. The highest BCUT2D eigenvalue weighted by Gasteiger charge is 2.39. The molecule has 0 amide bonds. The maximum Gasteiger partial charge on any atom is 0.170 e. The standard InChI is InChI=1S/C13H17NO/c1-4-10-12(15)9-7-5-6-8-11(9)14-13(10,2)3/h5-8,10,14H,4H2,1-3H3/t10-/m0/s1. The third-order valence-corrected chi connectivity index (χ3v) is 3.25. The Hall–Kier alpha value is -1.31. The van der Waals surface area contributed by atoms with Gasteiger partial charge >= 0.3 is 0 Å². The summed E-state index contributed by atoms with van der Waals surface area (Å²) in [5.74, 6) is 0.351. The number of nitrogens with one attached hydrogen (secondary N) is 1. The van der Waals surface area contributed by atoms with E-state index in [-0.39, 0.29) is 17.2 Å². The summed E-state index contributed by atoms with van der Waals surface area (Å²) in [6.07, 6.45) is 0.882. The molecular formula is C13H17NO. The van der Waals surface area contributed by atoms with Crippen LogP contribution in [0.4, 0.5) is 5.69 Å². The number of ketones is 1. The van der Waals surface area contributed by atoms with E-state index < -0.39 is 0 Å². The molecule has 1 N–H and O–H groups in total. The zero-order valence-electron chi connectivity index (χ0n) is 9.50. The highest BCUT2D eigenvalue weighted by molar-refractivity contribution is 6.05. The molecule has 0 unspecified atom stereocenters. The van der Waals surface area contributed by atoms with Gasteiger partial charge in [-0.1, -0.05) is 19.1 Å². The molecule has 0 spiro atoms. The molecule has 0 aromatic heterocycles. The molecule has 1 aromatic carbocycles. The van der Waals surface area contributed by atoms with Gasteiger partial charge in [0.1, 0.15) is 0 Å². The Morgan fingerprint density at radius 1 is 1.33 bits per heavy atom. The van der Waals surface area contributed by atoms with Crippen molar-refractivity contribution in [2.24, 2.45) is 5.92 Å². The summed E-state index contributed by atoms with van der Waals surface area (Å²) in [6, 6.07) is 7.76. The first kappa shape index (κ1) is 10.2. The summed E-state index contributed by atoms with van der Waals surface area (Å²) in [6.45, 7) is 6.25. The van der Waals surface area contributed by atoms with Crippen molar-refractivity contribution >= 4 is 11.5 Å². The van der Waals surface area contributed by atoms with Gasteiger partial charge in [-0.2, -0.15) is 0 Å². The second-order valence-electron chi connectivity index (χ2n) is 4.72. The third kappa shape index (κ3) is 1.54. The van der Waals surface area contributed by atoms with Crippen LogP contribution in [-0.2, 0) is 0 Å². The average molecular weight is 203 g/mol. The molecule has 0 bridgehead atoms. The van der Waals surface area contributed by atoms with Crippen molar-refractivity contribution in [2.45, 2.75) is 32.7 Å². The van der Waals surface area contributed by atoms with Crippen molar-refractivity contribution in [1.29, 1.82) is 0 Å². The summed E-state index contributed by atoms with van der Waals surface area (Å²) in [5, 5.41) is 3.45. The number of para-hydroxylation sites is 1. The normalized spacial score (nSPS) is 23.1. The van der Waals surface area contributed by atoms with Crippen LogP contribution in [0.3, 0.4) is 0 Å². The number of Topliss-reactive ketones (excluding diaryl/α,β-unsaturated/α-hetero) is 1. The van der Waals surface area contributed by atoms with Gasteiger partial charge < -0.3 is 5.32 Å². The Morgan fingerprint density at radius 3 is 2.67 bits per heavy atom. The second kappa shape index (κ2) is 3.37. The smallest absolute Gasteiger partial charge is 0.170 e. The summed E-state index contributed by atoms with van der Waals surface area (Å²) < 4.78 is 0. The number of carbonyl (C=O) groups is 1. The molecule has 1 heterocycles. The van der Waals surface area contributed by atoms with Crippen LogP contribution in [0.5, 0.6) is 0 Å². The quantitative estimate of drug-likeness (QED) is 0.759. The number of benzene rings is 1. The van der Waals surface area contributed by atoms with Crippen LogP contribution in [0.2, 0.25) is 0 Å². The predicted octanol–water partition coefficient (Wildman–Crippen LogP) is 3.10. The van der Waals surface area contributed by atoms with Crippen molar-refractivity contribution in [3.63, 3.8) is 0 Å². The van der Waals surface area contributed by atoms with Crippen molar-refractivity contribution in [1.82, 2.24) is 0 Å². The van der Waals surface area contributed by atoms with Crippen molar-refractivity contribution in [3.05, 3.63) is 29.8 Å². The molecule has 0 saturated heterocycles. The van der Waals surface area contributed by atoms with Gasteiger partial charge in [-0.25, -0.2) is 0 Å². The molecule has 0 saturated carbocycles. The number of carbonyl (C=O) groups excluding carboxylic acids is 1. The molecule has 80 valence electrons. The highest BCUT2D eigenvalue weighted by Crippen LogP contribution is 2.35. The fourth-order valence-electron chi connectivity index (χ4n) is 2.45. The molecule has 1 aliphatic heterocycles. The van der Waals surface area contributed by atoms with E-state index in [2.05, 4.69) is 26.1 Å². The fraction of sp³-hybridized carbons (Fsp3) is 0.462.